The fourth-order valence-electron chi connectivity index (χ4n) is 1.46. The summed E-state index contributed by atoms with van der Waals surface area (Å²) in [4.78, 5) is 23.2. The summed E-state index contributed by atoms with van der Waals surface area (Å²) in [5, 5.41) is 11.4. The fourth-order valence-corrected chi connectivity index (χ4v) is 2.42. The fraction of sp³-hybridized carbons (Fsp3) is 0. The van der Waals surface area contributed by atoms with Crippen molar-refractivity contribution in [2.45, 2.75) is 0 Å². The van der Waals surface area contributed by atoms with Gasteiger partial charge in [-0.3, -0.25) is 4.79 Å². The smallest absolute Gasteiger partial charge is 0.335 e. The lowest BCUT2D eigenvalue weighted by molar-refractivity contribution is -0.111. The van der Waals surface area contributed by atoms with Crippen LogP contribution >= 0.6 is 22.9 Å². The second-order valence-corrected chi connectivity index (χ2v) is 5.59. The standard InChI is InChI=1S/C14H10ClNO3S/c15-12-7-5-11(20-12)6-8-13(17)16-10-3-1-9(2-4-10)14(18)19/h1-8H,(H,16,17)(H,18,19)/b8-6+. The summed E-state index contributed by atoms with van der Waals surface area (Å²) >= 11 is 7.16. The number of anilines is 1. The molecule has 20 heavy (non-hydrogen) atoms. The van der Waals surface area contributed by atoms with E-state index in [9.17, 15) is 9.59 Å². The number of aromatic carboxylic acids is 1. The van der Waals surface area contributed by atoms with E-state index < -0.39 is 5.97 Å². The Kier molecular flexibility index (Phi) is 4.55. The summed E-state index contributed by atoms with van der Waals surface area (Å²) in [7, 11) is 0. The molecule has 0 spiro atoms. The highest BCUT2D eigenvalue weighted by Crippen LogP contribution is 2.22. The number of carbonyl (C=O) groups is 2. The van der Waals surface area contributed by atoms with Crippen LogP contribution in [0.2, 0.25) is 4.34 Å². The van der Waals surface area contributed by atoms with Crippen molar-refractivity contribution in [2.24, 2.45) is 0 Å². The van der Waals surface area contributed by atoms with Crippen molar-refractivity contribution in [3.8, 4) is 0 Å². The maximum absolute atomic E-state index is 11.7. The highest BCUT2D eigenvalue weighted by molar-refractivity contribution is 7.17. The van der Waals surface area contributed by atoms with Gasteiger partial charge in [-0.1, -0.05) is 11.6 Å². The number of hydrogen-bond donors (Lipinski definition) is 2. The lowest BCUT2D eigenvalue weighted by Gasteiger charge is -2.02. The number of carboxylic acid groups (broad SMARTS) is 1. The molecule has 1 aromatic heterocycles. The lowest BCUT2D eigenvalue weighted by Crippen LogP contribution is -2.07. The minimum absolute atomic E-state index is 0.173. The molecule has 0 bridgehead atoms. The molecule has 102 valence electrons. The molecule has 2 N–H and O–H groups in total. The molecule has 4 nitrogen and oxygen atoms in total. The lowest BCUT2D eigenvalue weighted by atomic mass is 10.2. The maximum Gasteiger partial charge on any atom is 0.335 e. The number of thiophene rings is 1. The molecule has 0 aliphatic carbocycles. The van der Waals surface area contributed by atoms with E-state index in [0.29, 0.717) is 10.0 Å². The number of carboxylic acids is 1. The van der Waals surface area contributed by atoms with Gasteiger partial charge < -0.3 is 10.4 Å². The summed E-state index contributed by atoms with van der Waals surface area (Å²) in [6, 6.07) is 9.52. The third-order valence-electron chi connectivity index (χ3n) is 2.39. The van der Waals surface area contributed by atoms with Crippen LogP contribution in [0.1, 0.15) is 15.2 Å². The molecule has 2 rings (SSSR count). The van der Waals surface area contributed by atoms with Gasteiger partial charge in [0, 0.05) is 16.6 Å². The molecule has 0 aliphatic rings. The average Bonchev–Trinajstić information content (AvgIpc) is 2.83. The molecular formula is C14H10ClNO3S. The Bertz CT molecular complexity index is 661. The topological polar surface area (TPSA) is 66.4 Å². The van der Waals surface area contributed by atoms with E-state index in [0.717, 1.165) is 4.88 Å². The van der Waals surface area contributed by atoms with Crippen molar-refractivity contribution in [3.05, 3.63) is 57.3 Å². The van der Waals surface area contributed by atoms with Gasteiger partial charge in [-0.2, -0.15) is 0 Å². The first kappa shape index (κ1) is 14.3. The average molecular weight is 308 g/mol. The molecule has 0 aliphatic heterocycles. The Morgan fingerprint density at radius 1 is 1.15 bits per heavy atom. The van der Waals surface area contributed by atoms with Crippen molar-refractivity contribution in [1.82, 2.24) is 0 Å². The van der Waals surface area contributed by atoms with Crippen LogP contribution < -0.4 is 5.32 Å². The van der Waals surface area contributed by atoms with Gasteiger partial charge in [0.25, 0.3) is 0 Å². The molecule has 6 heteroatoms. The predicted octanol–water partition coefficient (Wildman–Crippen LogP) is 3.75. The third kappa shape index (κ3) is 3.94. The molecule has 1 amide bonds. The normalized spacial score (nSPS) is 10.7. The number of nitrogens with one attached hydrogen (secondary N) is 1. The zero-order valence-electron chi connectivity index (χ0n) is 10.2. The number of carbonyl (C=O) groups excluding carboxylic acids is 1. The number of rotatable bonds is 4. The molecule has 0 atom stereocenters. The van der Waals surface area contributed by atoms with Crippen LogP contribution in [0.25, 0.3) is 6.08 Å². The van der Waals surface area contributed by atoms with Crippen molar-refractivity contribution in [3.63, 3.8) is 0 Å². The van der Waals surface area contributed by atoms with E-state index in [1.165, 1.54) is 41.7 Å². The zero-order chi connectivity index (χ0) is 14.5. The quantitative estimate of drug-likeness (QED) is 0.845. The van der Waals surface area contributed by atoms with Crippen LogP contribution in [0, 0.1) is 0 Å². The zero-order valence-corrected chi connectivity index (χ0v) is 11.7. The second kappa shape index (κ2) is 6.36. The maximum atomic E-state index is 11.7. The number of amides is 1. The second-order valence-electron chi connectivity index (χ2n) is 3.85. The van der Waals surface area contributed by atoms with Crippen LogP contribution in [0.4, 0.5) is 5.69 Å². The van der Waals surface area contributed by atoms with Crippen LogP contribution in [-0.4, -0.2) is 17.0 Å². The van der Waals surface area contributed by atoms with E-state index in [1.54, 1.807) is 12.1 Å². The Labute approximate surface area is 124 Å². The number of hydrogen-bond acceptors (Lipinski definition) is 3. The summed E-state index contributed by atoms with van der Waals surface area (Å²) in [5.74, 6) is -1.30. The van der Waals surface area contributed by atoms with E-state index in [2.05, 4.69) is 5.32 Å². The third-order valence-corrected chi connectivity index (χ3v) is 3.59. The first-order chi connectivity index (χ1) is 9.54. The van der Waals surface area contributed by atoms with Gasteiger partial charge in [0.05, 0.1) is 9.90 Å². The van der Waals surface area contributed by atoms with E-state index in [-0.39, 0.29) is 11.5 Å². The minimum atomic E-state index is -1.00. The monoisotopic (exact) mass is 307 g/mol. The van der Waals surface area contributed by atoms with E-state index in [4.69, 9.17) is 16.7 Å². The molecule has 0 saturated carbocycles. The Morgan fingerprint density at radius 3 is 2.40 bits per heavy atom. The minimum Gasteiger partial charge on any atom is -0.478 e. The summed E-state index contributed by atoms with van der Waals surface area (Å²) in [6.45, 7) is 0. The van der Waals surface area contributed by atoms with Crippen LogP contribution in [0.5, 0.6) is 0 Å². The first-order valence-electron chi connectivity index (χ1n) is 5.62. The van der Waals surface area contributed by atoms with Crippen LogP contribution in [0.3, 0.4) is 0 Å². The van der Waals surface area contributed by atoms with Gasteiger partial charge in [-0.15, -0.1) is 11.3 Å². The molecule has 2 aromatic rings. The molecule has 0 unspecified atom stereocenters. The van der Waals surface area contributed by atoms with Gasteiger partial charge in [0.1, 0.15) is 0 Å². The Hall–Kier alpha value is -2.11. The molecule has 0 fully saturated rings. The Balaban J connectivity index is 1.97. The van der Waals surface area contributed by atoms with Gasteiger partial charge in [-0.05, 0) is 42.5 Å². The number of halogens is 1. The SMILES string of the molecule is O=C(/C=C/c1ccc(Cl)s1)Nc1ccc(C(=O)O)cc1. The molecule has 1 heterocycles. The molecule has 0 saturated heterocycles. The van der Waals surface area contributed by atoms with Crippen molar-refractivity contribution in [1.29, 1.82) is 0 Å². The Morgan fingerprint density at radius 2 is 1.85 bits per heavy atom. The van der Waals surface area contributed by atoms with Crippen LogP contribution in [-0.2, 0) is 4.79 Å². The van der Waals surface area contributed by atoms with E-state index in [1.807, 2.05) is 6.07 Å². The van der Waals surface area contributed by atoms with Gasteiger partial charge in [0.2, 0.25) is 5.91 Å². The van der Waals surface area contributed by atoms with Crippen molar-refractivity contribution >= 4 is 46.6 Å². The number of benzene rings is 1. The van der Waals surface area contributed by atoms with Gasteiger partial charge >= 0.3 is 5.97 Å². The van der Waals surface area contributed by atoms with E-state index >= 15 is 0 Å². The first-order valence-corrected chi connectivity index (χ1v) is 6.82. The molecular weight excluding hydrogens is 298 g/mol. The summed E-state index contributed by atoms with van der Waals surface area (Å²) in [5.41, 5.74) is 0.709. The van der Waals surface area contributed by atoms with Crippen molar-refractivity contribution in [2.75, 3.05) is 5.32 Å². The molecule has 1 aromatic carbocycles. The van der Waals surface area contributed by atoms with Gasteiger partial charge in [-0.25, -0.2) is 4.79 Å². The van der Waals surface area contributed by atoms with Crippen molar-refractivity contribution < 1.29 is 14.7 Å². The largest absolute Gasteiger partial charge is 0.478 e. The predicted molar refractivity (Wildman–Crippen MR) is 80.4 cm³/mol. The highest BCUT2D eigenvalue weighted by Gasteiger charge is 2.03. The summed E-state index contributed by atoms with van der Waals surface area (Å²) < 4.78 is 0.661. The molecule has 0 radical (unpaired) electrons. The highest BCUT2D eigenvalue weighted by atomic mass is 35.5. The van der Waals surface area contributed by atoms with Gasteiger partial charge in [0.15, 0.2) is 0 Å². The van der Waals surface area contributed by atoms with Crippen LogP contribution in [0.15, 0.2) is 42.5 Å². The summed E-state index contributed by atoms with van der Waals surface area (Å²) in [6.07, 6.45) is 3.06.